The summed E-state index contributed by atoms with van der Waals surface area (Å²) in [6.45, 7) is 1.45. The fraction of sp³-hybridized carbons (Fsp3) is 0.0909. The predicted molar refractivity (Wildman–Crippen MR) is 58.0 cm³/mol. The molecule has 1 aromatic carbocycles. The first-order chi connectivity index (χ1) is 7.20. The SMILES string of the molecule is CC(=O)Nc1ccc2[nH]cc(C=O)c2c1. The third-order valence-corrected chi connectivity index (χ3v) is 2.16. The Labute approximate surface area is 86.3 Å². The summed E-state index contributed by atoms with van der Waals surface area (Å²) in [5.41, 5.74) is 2.17. The fourth-order valence-corrected chi connectivity index (χ4v) is 1.52. The maximum atomic E-state index is 10.9. The van der Waals surface area contributed by atoms with E-state index in [-0.39, 0.29) is 5.91 Å². The van der Waals surface area contributed by atoms with E-state index in [2.05, 4.69) is 10.3 Å². The number of H-pyrrole nitrogens is 1. The van der Waals surface area contributed by atoms with E-state index in [9.17, 15) is 9.59 Å². The molecule has 0 fully saturated rings. The van der Waals surface area contributed by atoms with Crippen LogP contribution in [-0.2, 0) is 4.79 Å². The summed E-state index contributed by atoms with van der Waals surface area (Å²) in [7, 11) is 0. The highest BCUT2D eigenvalue weighted by Gasteiger charge is 2.03. The second-order valence-electron chi connectivity index (χ2n) is 3.30. The monoisotopic (exact) mass is 202 g/mol. The van der Waals surface area contributed by atoms with Gasteiger partial charge in [-0.15, -0.1) is 0 Å². The lowest BCUT2D eigenvalue weighted by Crippen LogP contribution is -2.05. The Morgan fingerprint density at radius 2 is 2.27 bits per heavy atom. The minimum Gasteiger partial charge on any atom is -0.360 e. The Morgan fingerprint density at radius 3 is 2.93 bits per heavy atom. The molecule has 1 aromatic heterocycles. The van der Waals surface area contributed by atoms with E-state index in [1.54, 1.807) is 18.3 Å². The number of nitrogens with one attached hydrogen (secondary N) is 2. The van der Waals surface area contributed by atoms with Gasteiger partial charge in [-0.2, -0.15) is 0 Å². The fourth-order valence-electron chi connectivity index (χ4n) is 1.52. The number of benzene rings is 1. The topological polar surface area (TPSA) is 62.0 Å². The molecule has 0 saturated heterocycles. The highest BCUT2D eigenvalue weighted by atomic mass is 16.1. The molecule has 0 spiro atoms. The van der Waals surface area contributed by atoms with Crippen LogP contribution in [0, 0.1) is 0 Å². The quantitative estimate of drug-likeness (QED) is 0.731. The van der Waals surface area contributed by atoms with E-state index in [1.165, 1.54) is 6.92 Å². The first kappa shape index (κ1) is 9.45. The molecule has 0 atom stereocenters. The third-order valence-electron chi connectivity index (χ3n) is 2.16. The van der Waals surface area contributed by atoms with Crippen molar-refractivity contribution < 1.29 is 9.59 Å². The minimum absolute atomic E-state index is 0.127. The molecule has 0 aliphatic heterocycles. The zero-order valence-electron chi connectivity index (χ0n) is 8.20. The largest absolute Gasteiger partial charge is 0.360 e. The Bertz CT molecular complexity index is 528. The summed E-state index contributed by atoms with van der Waals surface area (Å²) >= 11 is 0. The zero-order valence-corrected chi connectivity index (χ0v) is 8.20. The number of hydrogen-bond acceptors (Lipinski definition) is 2. The highest BCUT2D eigenvalue weighted by molar-refractivity contribution is 6.00. The smallest absolute Gasteiger partial charge is 0.221 e. The Hall–Kier alpha value is -2.10. The van der Waals surface area contributed by atoms with Crippen molar-refractivity contribution in [2.24, 2.45) is 0 Å². The van der Waals surface area contributed by atoms with Gasteiger partial charge in [0.15, 0.2) is 6.29 Å². The van der Waals surface area contributed by atoms with Crippen LogP contribution >= 0.6 is 0 Å². The molecule has 0 bridgehead atoms. The van der Waals surface area contributed by atoms with Crippen LogP contribution in [0.15, 0.2) is 24.4 Å². The number of aromatic nitrogens is 1. The highest BCUT2D eigenvalue weighted by Crippen LogP contribution is 2.21. The summed E-state index contributed by atoms with van der Waals surface area (Å²) in [5, 5.41) is 3.49. The van der Waals surface area contributed by atoms with E-state index >= 15 is 0 Å². The van der Waals surface area contributed by atoms with Crippen molar-refractivity contribution >= 4 is 28.8 Å². The average molecular weight is 202 g/mol. The Morgan fingerprint density at radius 1 is 1.47 bits per heavy atom. The molecular formula is C11H10N2O2. The molecule has 1 heterocycles. The Balaban J connectivity index is 2.52. The Kier molecular flexibility index (Phi) is 2.25. The summed E-state index contributed by atoms with van der Waals surface area (Å²) in [4.78, 5) is 24.5. The molecule has 4 heteroatoms. The van der Waals surface area contributed by atoms with Gasteiger partial charge >= 0.3 is 0 Å². The number of aldehydes is 1. The van der Waals surface area contributed by atoms with Gasteiger partial charge in [0.25, 0.3) is 0 Å². The maximum Gasteiger partial charge on any atom is 0.221 e. The second-order valence-corrected chi connectivity index (χ2v) is 3.30. The molecule has 0 aliphatic rings. The van der Waals surface area contributed by atoms with Crippen molar-refractivity contribution in [1.29, 1.82) is 0 Å². The second kappa shape index (κ2) is 3.57. The standard InChI is InChI=1S/C11H10N2O2/c1-7(15)13-9-2-3-11-10(4-9)8(6-14)5-12-11/h2-6,12H,1H3,(H,13,15). The summed E-state index contributed by atoms with van der Waals surface area (Å²) in [6, 6.07) is 5.39. The van der Waals surface area contributed by atoms with Crippen molar-refractivity contribution in [3.63, 3.8) is 0 Å². The molecule has 4 nitrogen and oxygen atoms in total. The van der Waals surface area contributed by atoms with Gasteiger partial charge in [0, 0.05) is 35.3 Å². The van der Waals surface area contributed by atoms with E-state index in [0.717, 1.165) is 17.2 Å². The van der Waals surface area contributed by atoms with Gasteiger partial charge < -0.3 is 10.3 Å². The van der Waals surface area contributed by atoms with E-state index in [4.69, 9.17) is 0 Å². The molecule has 0 aliphatic carbocycles. The molecule has 2 N–H and O–H groups in total. The number of carbonyl (C=O) groups is 2. The van der Waals surface area contributed by atoms with Crippen molar-refractivity contribution in [2.45, 2.75) is 6.92 Å². The first-order valence-electron chi connectivity index (χ1n) is 4.54. The number of amides is 1. The van der Waals surface area contributed by atoms with Gasteiger partial charge in [0.05, 0.1) is 0 Å². The molecule has 0 radical (unpaired) electrons. The van der Waals surface area contributed by atoms with Crippen LogP contribution in [0.4, 0.5) is 5.69 Å². The zero-order chi connectivity index (χ0) is 10.8. The lowest BCUT2D eigenvalue weighted by atomic mass is 10.1. The van der Waals surface area contributed by atoms with Crippen LogP contribution in [0.25, 0.3) is 10.9 Å². The average Bonchev–Trinajstić information content (AvgIpc) is 2.59. The van der Waals surface area contributed by atoms with Crippen LogP contribution in [0.5, 0.6) is 0 Å². The molecule has 0 unspecified atom stereocenters. The van der Waals surface area contributed by atoms with Gasteiger partial charge in [-0.05, 0) is 18.2 Å². The van der Waals surface area contributed by atoms with Crippen molar-refractivity contribution in [2.75, 3.05) is 5.32 Å². The van der Waals surface area contributed by atoms with Crippen LogP contribution in [-0.4, -0.2) is 17.2 Å². The molecule has 2 rings (SSSR count). The van der Waals surface area contributed by atoms with Crippen molar-refractivity contribution in [3.8, 4) is 0 Å². The maximum absolute atomic E-state index is 10.9. The molecule has 0 saturated carbocycles. The molecule has 1 amide bonds. The van der Waals surface area contributed by atoms with Gasteiger partial charge in [0.2, 0.25) is 5.91 Å². The molecule has 2 aromatic rings. The first-order valence-corrected chi connectivity index (χ1v) is 4.54. The van der Waals surface area contributed by atoms with Crippen LogP contribution in [0.2, 0.25) is 0 Å². The van der Waals surface area contributed by atoms with Gasteiger partial charge in [0.1, 0.15) is 0 Å². The van der Waals surface area contributed by atoms with Crippen LogP contribution in [0.1, 0.15) is 17.3 Å². The molecular weight excluding hydrogens is 192 g/mol. The molecule has 15 heavy (non-hydrogen) atoms. The lowest BCUT2D eigenvalue weighted by Gasteiger charge is -2.01. The van der Waals surface area contributed by atoms with Gasteiger partial charge in [-0.1, -0.05) is 0 Å². The number of anilines is 1. The summed E-state index contributed by atoms with van der Waals surface area (Å²) < 4.78 is 0. The number of rotatable bonds is 2. The van der Waals surface area contributed by atoms with Crippen molar-refractivity contribution in [1.82, 2.24) is 4.98 Å². The number of fused-ring (bicyclic) bond motifs is 1. The summed E-state index contributed by atoms with van der Waals surface area (Å²) in [5.74, 6) is -0.127. The third kappa shape index (κ3) is 1.74. The van der Waals surface area contributed by atoms with Crippen molar-refractivity contribution in [3.05, 3.63) is 30.0 Å². The normalized spacial score (nSPS) is 10.2. The lowest BCUT2D eigenvalue weighted by molar-refractivity contribution is -0.114. The summed E-state index contributed by atoms with van der Waals surface area (Å²) in [6.07, 6.45) is 2.44. The molecule has 76 valence electrons. The van der Waals surface area contributed by atoms with E-state index in [1.807, 2.05) is 6.07 Å². The number of aromatic amines is 1. The van der Waals surface area contributed by atoms with Crippen LogP contribution in [0.3, 0.4) is 0 Å². The van der Waals surface area contributed by atoms with Crippen LogP contribution < -0.4 is 5.32 Å². The van der Waals surface area contributed by atoms with Gasteiger partial charge in [-0.25, -0.2) is 0 Å². The number of hydrogen-bond donors (Lipinski definition) is 2. The van der Waals surface area contributed by atoms with E-state index < -0.39 is 0 Å². The van der Waals surface area contributed by atoms with Gasteiger partial charge in [-0.3, -0.25) is 9.59 Å². The predicted octanol–water partition coefficient (Wildman–Crippen LogP) is 1.94. The number of carbonyl (C=O) groups excluding carboxylic acids is 2. The van der Waals surface area contributed by atoms with E-state index in [0.29, 0.717) is 11.3 Å². The minimum atomic E-state index is -0.127.